The van der Waals surface area contributed by atoms with Gasteiger partial charge in [-0.05, 0) is 98.9 Å². The number of nitrogens with zero attached hydrogens (tertiary/aromatic N) is 8. The highest BCUT2D eigenvalue weighted by molar-refractivity contribution is 5.94. The van der Waals surface area contributed by atoms with E-state index in [4.69, 9.17) is 20.9 Å². The van der Waals surface area contributed by atoms with Crippen molar-refractivity contribution >= 4 is 17.5 Å². The van der Waals surface area contributed by atoms with E-state index in [1.54, 1.807) is 29.6 Å². The Morgan fingerprint density at radius 3 is 1.44 bits per heavy atom. The first-order valence-electron chi connectivity index (χ1n) is 21.1. The Morgan fingerprint density at radius 1 is 0.576 bits per heavy atom. The first-order chi connectivity index (χ1) is 28.7. The van der Waals surface area contributed by atoms with Gasteiger partial charge in [0.25, 0.3) is 5.91 Å². The second kappa shape index (κ2) is 21.0. The molecule has 59 heavy (non-hydrogen) atoms. The maximum Gasteiger partial charge on any atom is 0.256 e. The summed E-state index contributed by atoms with van der Waals surface area (Å²) in [5, 5.41) is 0. The van der Waals surface area contributed by atoms with Crippen LogP contribution in [0.25, 0.3) is 0 Å². The highest BCUT2D eigenvalue weighted by Gasteiger charge is 2.30. The third-order valence-corrected chi connectivity index (χ3v) is 11.9. The van der Waals surface area contributed by atoms with Gasteiger partial charge in [-0.15, -0.1) is 0 Å². The van der Waals surface area contributed by atoms with E-state index < -0.39 is 5.82 Å². The normalized spacial score (nSPS) is 19.7. The second-order valence-electron chi connectivity index (χ2n) is 16.2. The number of hydrogen-bond donors (Lipinski definition) is 2. The average Bonchev–Trinajstić information content (AvgIpc) is 3.24. The topological polar surface area (TPSA) is 152 Å². The SMILES string of the molecule is Nc1cc(CN2CCC(OC3CCN(C(=O)c4ccncc4F)CC3)CC2)ccn1.Nc1cc(CN2CCC(OC3CCN(Cc4ccncc4F)CC3)CC2)ccn1. The Labute approximate surface area is 346 Å². The fourth-order valence-electron chi connectivity index (χ4n) is 8.54. The van der Waals surface area contributed by atoms with Gasteiger partial charge in [0, 0.05) is 102 Å². The molecular weight excluding hydrogens is 755 g/mol. The largest absolute Gasteiger partial charge is 0.384 e. The first kappa shape index (κ1) is 42.5. The third-order valence-electron chi connectivity index (χ3n) is 11.9. The van der Waals surface area contributed by atoms with Gasteiger partial charge in [0.2, 0.25) is 0 Å². The maximum absolute atomic E-state index is 13.8. The van der Waals surface area contributed by atoms with Crippen LogP contribution in [0, 0.1) is 11.6 Å². The lowest BCUT2D eigenvalue weighted by Crippen LogP contribution is -2.43. The number of carbonyl (C=O) groups excluding carboxylic acids is 1. The Morgan fingerprint density at radius 2 is 1.00 bits per heavy atom. The van der Waals surface area contributed by atoms with Crippen molar-refractivity contribution < 1.29 is 23.0 Å². The van der Waals surface area contributed by atoms with Crippen molar-refractivity contribution in [1.82, 2.24) is 39.5 Å². The number of halogens is 2. The summed E-state index contributed by atoms with van der Waals surface area (Å²) < 4.78 is 40.3. The van der Waals surface area contributed by atoms with Crippen LogP contribution in [0.3, 0.4) is 0 Å². The summed E-state index contributed by atoms with van der Waals surface area (Å²) in [6.07, 6.45) is 17.9. The molecule has 0 aliphatic carbocycles. The van der Waals surface area contributed by atoms with Crippen LogP contribution in [0.1, 0.15) is 78.4 Å². The quantitative estimate of drug-likeness (QED) is 0.202. The Bertz CT molecular complexity index is 1930. The van der Waals surface area contributed by atoms with Crippen LogP contribution in [0.4, 0.5) is 20.4 Å². The molecule has 316 valence electrons. The molecule has 4 fully saturated rings. The van der Waals surface area contributed by atoms with Gasteiger partial charge in [0.05, 0.1) is 42.4 Å². The molecule has 4 aromatic heterocycles. The van der Waals surface area contributed by atoms with Crippen LogP contribution in [-0.4, -0.2) is 122 Å². The van der Waals surface area contributed by atoms with Crippen molar-refractivity contribution in [1.29, 1.82) is 0 Å². The standard InChI is InChI=1S/C22H28FN5O2.C22H30FN5O/c23-20-14-25-7-2-19(20)22(29)28-11-5-18(6-12-28)30-17-3-9-27(10-4-17)15-16-1-8-26-21(24)13-16;23-21-14-25-7-2-18(21)16-28-11-5-20(6-12-28)29-19-3-9-27(10-4-19)15-17-1-8-26-22(24)13-17/h1-2,7-8,13-14,17-18H,3-6,9-12,15H2,(H2,24,26);1-2,7-8,13-14,19-20H,3-6,9-12,15-16H2,(H2,24,26). The number of piperidine rings is 4. The van der Waals surface area contributed by atoms with Gasteiger partial charge in [0.15, 0.2) is 5.82 Å². The third kappa shape index (κ3) is 12.7. The van der Waals surface area contributed by atoms with E-state index in [0.29, 0.717) is 43.5 Å². The van der Waals surface area contributed by atoms with Crippen LogP contribution in [0.2, 0.25) is 0 Å². The van der Waals surface area contributed by atoms with Crippen molar-refractivity contribution in [2.24, 2.45) is 0 Å². The molecule has 13 nitrogen and oxygen atoms in total. The number of rotatable bonds is 11. The summed E-state index contributed by atoms with van der Waals surface area (Å²) in [4.78, 5) is 37.0. The molecule has 0 radical (unpaired) electrons. The van der Waals surface area contributed by atoms with Gasteiger partial charge < -0.3 is 25.8 Å². The van der Waals surface area contributed by atoms with E-state index in [2.05, 4.69) is 34.6 Å². The lowest BCUT2D eigenvalue weighted by Gasteiger charge is -2.37. The molecule has 0 unspecified atom stereocenters. The summed E-state index contributed by atoms with van der Waals surface area (Å²) in [6, 6.07) is 11.1. The number of nitrogen functional groups attached to an aromatic ring is 2. The van der Waals surface area contributed by atoms with Gasteiger partial charge in [0.1, 0.15) is 17.5 Å². The summed E-state index contributed by atoms with van der Waals surface area (Å²) in [5.74, 6) is 0.0912. The van der Waals surface area contributed by atoms with E-state index in [0.717, 1.165) is 115 Å². The monoisotopic (exact) mass is 812 g/mol. The summed E-state index contributed by atoms with van der Waals surface area (Å²) >= 11 is 0. The Balaban J connectivity index is 0.000000179. The zero-order valence-electron chi connectivity index (χ0n) is 33.9. The van der Waals surface area contributed by atoms with Crippen molar-refractivity contribution in [2.45, 2.75) is 95.4 Å². The number of amides is 1. The predicted octanol–water partition coefficient (Wildman–Crippen LogP) is 5.33. The lowest BCUT2D eigenvalue weighted by atomic mass is 10.0. The predicted molar refractivity (Wildman–Crippen MR) is 222 cm³/mol. The fraction of sp³-hybridized carbons (Fsp3) is 0.523. The molecule has 0 aromatic carbocycles. The van der Waals surface area contributed by atoms with E-state index in [9.17, 15) is 13.6 Å². The minimum Gasteiger partial charge on any atom is -0.384 e. The van der Waals surface area contributed by atoms with Gasteiger partial charge in [-0.1, -0.05) is 0 Å². The highest BCUT2D eigenvalue weighted by Crippen LogP contribution is 2.25. The van der Waals surface area contributed by atoms with Crippen molar-refractivity contribution in [2.75, 3.05) is 63.8 Å². The molecule has 0 atom stereocenters. The van der Waals surface area contributed by atoms with Gasteiger partial charge in [-0.2, -0.15) is 0 Å². The molecule has 0 spiro atoms. The molecule has 15 heteroatoms. The smallest absolute Gasteiger partial charge is 0.256 e. The minimum atomic E-state index is -0.568. The molecule has 4 aliphatic rings. The lowest BCUT2D eigenvalue weighted by molar-refractivity contribution is -0.0664. The van der Waals surface area contributed by atoms with Crippen molar-refractivity contribution in [3.63, 3.8) is 0 Å². The number of carbonyl (C=O) groups is 1. The highest BCUT2D eigenvalue weighted by atomic mass is 19.1. The van der Waals surface area contributed by atoms with Crippen molar-refractivity contribution in [3.8, 4) is 0 Å². The maximum atomic E-state index is 13.8. The summed E-state index contributed by atoms with van der Waals surface area (Å²) in [5.41, 5.74) is 14.8. The Hall–Kier alpha value is -4.67. The number of anilines is 2. The summed E-state index contributed by atoms with van der Waals surface area (Å²) in [6.45, 7) is 9.62. The molecule has 4 saturated heterocycles. The Kier molecular flexibility index (Phi) is 15.1. The van der Waals surface area contributed by atoms with Gasteiger partial charge in [-0.3, -0.25) is 29.5 Å². The van der Waals surface area contributed by atoms with Crippen LogP contribution >= 0.6 is 0 Å². The molecule has 4 N–H and O–H groups in total. The fourth-order valence-corrected chi connectivity index (χ4v) is 8.54. The number of aromatic nitrogens is 4. The first-order valence-corrected chi connectivity index (χ1v) is 21.1. The molecule has 4 aliphatic heterocycles. The van der Waals surface area contributed by atoms with Gasteiger partial charge in [-0.25, -0.2) is 18.7 Å². The number of pyridine rings is 4. The minimum absolute atomic E-state index is 0.0905. The molecule has 0 bridgehead atoms. The number of nitrogens with two attached hydrogens (primary N) is 2. The zero-order valence-corrected chi connectivity index (χ0v) is 33.9. The molecule has 8 rings (SSSR count). The van der Waals surface area contributed by atoms with Crippen LogP contribution < -0.4 is 11.5 Å². The van der Waals surface area contributed by atoms with E-state index in [1.165, 1.54) is 29.6 Å². The summed E-state index contributed by atoms with van der Waals surface area (Å²) in [7, 11) is 0. The van der Waals surface area contributed by atoms with E-state index >= 15 is 0 Å². The molecule has 4 aromatic rings. The van der Waals surface area contributed by atoms with E-state index in [1.807, 2.05) is 24.3 Å². The molecular formula is C44H58F2N10O3. The van der Waals surface area contributed by atoms with Crippen LogP contribution in [-0.2, 0) is 29.1 Å². The number of hydrogen-bond acceptors (Lipinski definition) is 12. The number of likely N-dealkylation sites (tertiary alicyclic amines) is 4. The van der Waals surface area contributed by atoms with Gasteiger partial charge >= 0.3 is 0 Å². The van der Waals surface area contributed by atoms with Crippen LogP contribution in [0.15, 0.2) is 73.6 Å². The van der Waals surface area contributed by atoms with Crippen LogP contribution in [0.5, 0.6) is 0 Å². The molecule has 1 amide bonds. The van der Waals surface area contributed by atoms with E-state index in [-0.39, 0.29) is 29.5 Å². The number of ether oxygens (including phenoxy) is 2. The molecule has 8 heterocycles. The zero-order chi connectivity index (χ0) is 41.0. The second-order valence-corrected chi connectivity index (χ2v) is 16.2. The molecule has 0 saturated carbocycles. The van der Waals surface area contributed by atoms with Crippen molar-refractivity contribution in [3.05, 3.63) is 107 Å². The average molecular weight is 813 g/mol.